The lowest BCUT2D eigenvalue weighted by Crippen LogP contribution is -2.62. The molecule has 0 aromatic carbocycles. The highest BCUT2D eigenvalue weighted by atomic mass is 16.5. The summed E-state index contributed by atoms with van der Waals surface area (Å²) in [6.07, 6.45) is 0. The topological polar surface area (TPSA) is 49.8 Å². The molecule has 0 spiro atoms. The van der Waals surface area contributed by atoms with E-state index in [0.29, 0.717) is 19.7 Å². The zero-order valence-corrected chi connectivity index (χ0v) is 7.54. The molecule has 0 bridgehead atoms. The standard InChI is InChI=1S/C8H15NO3/c1-3-12-4-7(10)9-5-8(2,11)6-9/h11H,3-6H2,1-2H3. The van der Waals surface area contributed by atoms with Crippen LogP contribution in [-0.4, -0.2) is 47.8 Å². The number of carbonyl (C=O) groups is 1. The third-order valence-corrected chi connectivity index (χ3v) is 1.85. The van der Waals surface area contributed by atoms with Gasteiger partial charge in [0, 0.05) is 6.61 Å². The summed E-state index contributed by atoms with van der Waals surface area (Å²) in [5.41, 5.74) is -0.679. The number of hydrogen-bond donors (Lipinski definition) is 1. The molecule has 1 N–H and O–H groups in total. The lowest BCUT2D eigenvalue weighted by atomic mass is 9.97. The third-order valence-electron chi connectivity index (χ3n) is 1.85. The number of rotatable bonds is 3. The number of ether oxygens (including phenoxy) is 1. The number of amides is 1. The molecular weight excluding hydrogens is 158 g/mol. The van der Waals surface area contributed by atoms with Gasteiger partial charge in [-0.25, -0.2) is 0 Å². The van der Waals surface area contributed by atoms with Gasteiger partial charge in [-0.2, -0.15) is 0 Å². The van der Waals surface area contributed by atoms with Gasteiger partial charge in [0.2, 0.25) is 5.91 Å². The van der Waals surface area contributed by atoms with Gasteiger partial charge in [0.05, 0.1) is 18.7 Å². The predicted octanol–water partition coefficient (Wildman–Crippen LogP) is -0.384. The minimum absolute atomic E-state index is 0.0385. The van der Waals surface area contributed by atoms with E-state index in [1.807, 2.05) is 6.92 Å². The Morgan fingerprint density at radius 2 is 2.25 bits per heavy atom. The molecule has 0 aromatic rings. The van der Waals surface area contributed by atoms with Crippen molar-refractivity contribution >= 4 is 5.91 Å². The highest BCUT2D eigenvalue weighted by Gasteiger charge is 2.38. The second-order valence-electron chi connectivity index (χ2n) is 3.38. The summed E-state index contributed by atoms with van der Waals surface area (Å²) in [5.74, 6) is -0.0385. The minimum Gasteiger partial charge on any atom is -0.386 e. The fourth-order valence-electron chi connectivity index (χ4n) is 1.23. The Hall–Kier alpha value is -0.610. The van der Waals surface area contributed by atoms with Crippen LogP contribution in [0.3, 0.4) is 0 Å². The summed E-state index contributed by atoms with van der Waals surface area (Å²) in [5, 5.41) is 9.32. The lowest BCUT2D eigenvalue weighted by molar-refractivity contribution is -0.156. The van der Waals surface area contributed by atoms with E-state index in [1.54, 1.807) is 11.8 Å². The summed E-state index contributed by atoms with van der Waals surface area (Å²) in [6, 6.07) is 0. The summed E-state index contributed by atoms with van der Waals surface area (Å²) in [7, 11) is 0. The van der Waals surface area contributed by atoms with E-state index < -0.39 is 5.60 Å². The molecule has 1 saturated heterocycles. The highest BCUT2D eigenvalue weighted by Crippen LogP contribution is 2.19. The molecule has 1 fully saturated rings. The van der Waals surface area contributed by atoms with Crippen LogP contribution < -0.4 is 0 Å². The quantitative estimate of drug-likeness (QED) is 0.632. The molecule has 4 heteroatoms. The number of aliphatic hydroxyl groups is 1. The van der Waals surface area contributed by atoms with Crippen molar-refractivity contribution < 1.29 is 14.6 Å². The molecule has 0 unspecified atom stereocenters. The van der Waals surface area contributed by atoms with Gasteiger partial charge in [0.15, 0.2) is 0 Å². The van der Waals surface area contributed by atoms with Crippen LogP contribution in [-0.2, 0) is 9.53 Å². The van der Waals surface area contributed by atoms with Crippen molar-refractivity contribution in [2.24, 2.45) is 0 Å². The van der Waals surface area contributed by atoms with Crippen molar-refractivity contribution in [2.75, 3.05) is 26.3 Å². The third kappa shape index (κ3) is 2.19. The Morgan fingerprint density at radius 3 is 2.67 bits per heavy atom. The number of hydrogen-bond acceptors (Lipinski definition) is 3. The van der Waals surface area contributed by atoms with Gasteiger partial charge in [0.1, 0.15) is 6.61 Å². The van der Waals surface area contributed by atoms with Crippen LogP contribution in [0.2, 0.25) is 0 Å². The number of carbonyl (C=O) groups excluding carboxylic acids is 1. The van der Waals surface area contributed by atoms with E-state index in [-0.39, 0.29) is 12.5 Å². The van der Waals surface area contributed by atoms with E-state index >= 15 is 0 Å². The SMILES string of the molecule is CCOCC(=O)N1CC(C)(O)C1. The molecule has 0 radical (unpaired) electrons. The first-order chi connectivity index (χ1) is 5.55. The van der Waals surface area contributed by atoms with Gasteiger partial charge in [-0.3, -0.25) is 4.79 Å². The van der Waals surface area contributed by atoms with Crippen molar-refractivity contribution in [3.05, 3.63) is 0 Å². The number of β-amino-alcohol motifs (C(OH)–C–C–N with tert-alkyl or cyclic N) is 1. The second-order valence-corrected chi connectivity index (χ2v) is 3.38. The van der Waals surface area contributed by atoms with Gasteiger partial charge in [-0.15, -0.1) is 0 Å². The Morgan fingerprint density at radius 1 is 1.67 bits per heavy atom. The van der Waals surface area contributed by atoms with E-state index in [1.165, 1.54) is 0 Å². The summed E-state index contributed by atoms with van der Waals surface area (Å²) in [4.78, 5) is 12.8. The van der Waals surface area contributed by atoms with Gasteiger partial charge in [0.25, 0.3) is 0 Å². The molecular formula is C8H15NO3. The van der Waals surface area contributed by atoms with E-state index in [0.717, 1.165) is 0 Å². The summed E-state index contributed by atoms with van der Waals surface area (Å²) in [6.45, 7) is 5.11. The maximum absolute atomic E-state index is 11.2. The Bertz CT molecular complexity index is 171. The van der Waals surface area contributed by atoms with Gasteiger partial charge in [-0.05, 0) is 13.8 Å². The molecule has 1 heterocycles. The summed E-state index contributed by atoms with van der Waals surface area (Å²) >= 11 is 0. The maximum atomic E-state index is 11.2. The maximum Gasteiger partial charge on any atom is 0.248 e. The molecule has 1 aliphatic heterocycles. The Labute approximate surface area is 72.1 Å². The number of likely N-dealkylation sites (tertiary alicyclic amines) is 1. The molecule has 0 atom stereocenters. The van der Waals surface area contributed by atoms with E-state index in [4.69, 9.17) is 4.74 Å². The van der Waals surface area contributed by atoms with Crippen LogP contribution in [0.5, 0.6) is 0 Å². The normalized spacial score (nSPS) is 20.4. The molecule has 1 amide bonds. The van der Waals surface area contributed by atoms with Crippen LogP contribution in [0.4, 0.5) is 0 Å². The first-order valence-corrected chi connectivity index (χ1v) is 4.13. The van der Waals surface area contributed by atoms with Gasteiger partial charge < -0.3 is 14.7 Å². The molecule has 70 valence electrons. The van der Waals surface area contributed by atoms with Crippen molar-refractivity contribution in [3.63, 3.8) is 0 Å². The molecule has 0 aromatic heterocycles. The number of nitrogens with zero attached hydrogens (tertiary/aromatic N) is 1. The van der Waals surface area contributed by atoms with Crippen LogP contribution >= 0.6 is 0 Å². The van der Waals surface area contributed by atoms with Crippen molar-refractivity contribution in [3.8, 4) is 0 Å². The van der Waals surface area contributed by atoms with E-state index in [9.17, 15) is 9.90 Å². The summed E-state index contributed by atoms with van der Waals surface area (Å²) < 4.78 is 4.95. The molecule has 4 nitrogen and oxygen atoms in total. The lowest BCUT2D eigenvalue weighted by Gasteiger charge is -2.44. The van der Waals surface area contributed by atoms with Crippen molar-refractivity contribution in [2.45, 2.75) is 19.4 Å². The average Bonchev–Trinajstić information content (AvgIpc) is 1.95. The Kier molecular flexibility index (Phi) is 2.69. The van der Waals surface area contributed by atoms with Crippen LogP contribution in [0, 0.1) is 0 Å². The van der Waals surface area contributed by atoms with Crippen molar-refractivity contribution in [1.29, 1.82) is 0 Å². The highest BCUT2D eigenvalue weighted by molar-refractivity contribution is 5.78. The largest absolute Gasteiger partial charge is 0.386 e. The van der Waals surface area contributed by atoms with Gasteiger partial charge >= 0.3 is 0 Å². The molecule has 12 heavy (non-hydrogen) atoms. The Balaban J connectivity index is 2.19. The fraction of sp³-hybridized carbons (Fsp3) is 0.875. The van der Waals surface area contributed by atoms with Crippen LogP contribution in [0.25, 0.3) is 0 Å². The van der Waals surface area contributed by atoms with Crippen molar-refractivity contribution in [1.82, 2.24) is 4.90 Å². The minimum atomic E-state index is -0.679. The fourth-order valence-corrected chi connectivity index (χ4v) is 1.23. The zero-order valence-electron chi connectivity index (χ0n) is 7.54. The monoisotopic (exact) mass is 173 g/mol. The second kappa shape index (κ2) is 3.41. The molecule has 1 rings (SSSR count). The van der Waals surface area contributed by atoms with Crippen LogP contribution in [0.15, 0.2) is 0 Å². The van der Waals surface area contributed by atoms with Crippen LogP contribution in [0.1, 0.15) is 13.8 Å². The first-order valence-electron chi connectivity index (χ1n) is 4.13. The zero-order chi connectivity index (χ0) is 9.19. The molecule has 0 saturated carbocycles. The molecule has 0 aliphatic carbocycles. The average molecular weight is 173 g/mol. The smallest absolute Gasteiger partial charge is 0.248 e. The molecule has 1 aliphatic rings. The van der Waals surface area contributed by atoms with Gasteiger partial charge in [-0.1, -0.05) is 0 Å². The predicted molar refractivity (Wildman–Crippen MR) is 43.7 cm³/mol. The first kappa shape index (κ1) is 9.48. The van der Waals surface area contributed by atoms with E-state index in [2.05, 4.69) is 0 Å².